The first-order valence-electron chi connectivity index (χ1n) is 4.50. The molecule has 1 nitrogen and oxygen atoms in total. The molecule has 0 spiro atoms. The first-order chi connectivity index (χ1) is 5.79. The van der Waals surface area contributed by atoms with Crippen LogP contribution in [0, 0.1) is 6.92 Å². The first kappa shape index (κ1) is 9.75. The van der Waals surface area contributed by atoms with E-state index in [2.05, 4.69) is 30.6 Å². The highest BCUT2D eigenvalue weighted by Crippen LogP contribution is 2.25. The lowest BCUT2D eigenvalue weighted by molar-refractivity contribution is 0.541. The summed E-state index contributed by atoms with van der Waals surface area (Å²) in [6, 6.07) is 2.79. The van der Waals surface area contributed by atoms with Gasteiger partial charge in [-0.1, -0.05) is 13.3 Å². The maximum absolute atomic E-state index is 3.35. The smallest absolute Gasteiger partial charge is 0.0328 e. The molecule has 0 radical (unpaired) electrons. The Hall–Kier alpha value is -0.340. The Morgan fingerprint density at radius 1 is 1.58 bits per heavy atom. The van der Waals surface area contributed by atoms with Crippen LogP contribution >= 0.6 is 11.3 Å². The van der Waals surface area contributed by atoms with Gasteiger partial charge in [0.15, 0.2) is 0 Å². The molecule has 1 atom stereocenters. The normalized spacial score (nSPS) is 13.2. The summed E-state index contributed by atoms with van der Waals surface area (Å²) in [5.74, 6) is 0. The summed E-state index contributed by atoms with van der Waals surface area (Å²) in [5, 5.41) is 5.52. The van der Waals surface area contributed by atoms with Crippen molar-refractivity contribution in [3.63, 3.8) is 0 Å². The molecule has 0 aliphatic rings. The van der Waals surface area contributed by atoms with Crippen LogP contribution in [0.3, 0.4) is 0 Å². The molecule has 12 heavy (non-hydrogen) atoms. The monoisotopic (exact) mass is 183 g/mol. The second-order valence-corrected chi connectivity index (χ2v) is 4.18. The Kier molecular flexibility index (Phi) is 3.76. The second-order valence-electron chi connectivity index (χ2n) is 3.06. The predicted molar refractivity (Wildman–Crippen MR) is 55.8 cm³/mol. The highest BCUT2D eigenvalue weighted by Gasteiger charge is 2.10. The maximum atomic E-state index is 3.35. The van der Waals surface area contributed by atoms with Crippen LogP contribution in [-0.4, -0.2) is 7.05 Å². The zero-order valence-corrected chi connectivity index (χ0v) is 8.87. The van der Waals surface area contributed by atoms with E-state index in [1.54, 1.807) is 0 Å². The minimum Gasteiger partial charge on any atom is -0.313 e. The van der Waals surface area contributed by atoms with Gasteiger partial charge >= 0.3 is 0 Å². The van der Waals surface area contributed by atoms with Gasteiger partial charge in [-0.3, -0.25) is 0 Å². The quantitative estimate of drug-likeness (QED) is 0.756. The average Bonchev–Trinajstić information content (AvgIpc) is 2.47. The molecule has 1 N–H and O–H groups in total. The van der Waals surface area contributed by atoms with E-state index in [1.165, 1.54) is 23.3 Å². The fourth-order valence-corrected chi connectivity index (χ4v) is 2.27. The molecule has 2 heteroatoms. The van der Waals surface area contributed by atoms with Crippen molar-refractivity contribution < 1.29 is 0 Å². The molecule has 0 amide bonds. The second kappa shape index (κ2) is 4.63. The molecule has 0 bridgehead atoms. The third kappa shape index (κ3) is 2.08. The van der Waals surface area contributed by atoms with Gasteiger partial charge in [-0.2, -0.15) is 0 Å². The van der Waals surface area contributed by atoms with Crippen molar-refractivity contribution in [2.24, 2.45) is 0 Å². The van der Waals surface area contributed by atoms with E-state index in [0.717, 1.165) is 0 Å². The van der Waals surface area contributed by atoms with Crippen LogP contribution in [0.15, 0.2) is 11.4 Å². The molecule has 68 valence electrons. The van der Waals surface area contributed by atoms with Gasteiger partial charge in [0.05, 0.1) is 0 Å². The zero-order valence-electron chi connectivity index (χ0n) is 8.05. The van der Waals surface area contributed by atoms with E-state index in [9.17, 15) is 0 Å². The minimum absolute atomic E-state index is 0.557. The van der Waals surface area contributed by atoms with Crippen LogP contribution in [0.5, 0.6) is 0 Å². The van der Waals surface area contributed by atoms with E-state index in [0.29, 0.717) is 6.04 Å². The molecule has 0 aromatic carbocycles. The van der Waals surface area contributed by atoms with Gasteiger partial charge in [0.2, 0.25) is 0 Å². The van der Waals surface area contributed by atoms with Crippen LogP contribution in [0.1, 0.15) is 36.2 Å². The number of thiophene rings is 1. The van der Waals surface area contributed by atoms with E-state index >= 15 is 0 Å². The van der Waals surface area contributed by atoms with Crippen LogP contribution < -0.4 is 5.32 Å². The van der Waals surface area contributed by atoms with E-state index in [4.69, 9.17) is 0 Å². The lowest BCUT2D eigenvalue weighted by Crippen LogP contribution is -2.15. The van der Waals surface area contributed by atoms with Gasteiger partial charge in [-0.05, 0) is 37.4 Å². The average molecular weight is 183 g/mol. The summed E-state index contributed by atoms with van der Waals surface area (Å²) in [6.45, 7) is 4.42. The molecule has 1 rings (SSSR count). The van der Waals surface area contributed by atoms with Crippen LogP contribution in [-0.2, 0) is 0 Å². The van der Waals surface area contributed by atoms with Gasteiger partial charge in [0.25, 0.3) is 0 Å². The largest absolute Gasteiger partial charge is 0.313 e. The van der Waals surface area contributed by atoms with Crippen molar-refractivity contribution in [1.29, 1.82) is 0 Å². The molecule has 0 aliphatic carbocycles. The summed E-state index contributed by atoms with van der Waals surface area (Å²) < 4.78 is 0. The third-order valence-electron chi connectivity index (χ3n) is 2.20. The zero-order chi connectivity index (χ0) is 8.97. The molecule has 0 saturated heterocycles. The van der Waals surface area contributed by atoms with Gasteiger partial charge in [-0.25, -0.2) is 0 Å². The SMILES string of the molecule is CCCC(NC)c1ccsc1C. The molecule has 1 aromatic heterocycles. The summed E-state index contributed by atoms with van der Waals surface area (Å²) >= 11 is 1.83. The van der Waals surface area contributed by atoms with E-state index in [-0.39, 0.29) is 0 Å². The van der Waals surface area contributed by atoms with Crippen molar-refractivity contribution in [1.82, 2.24) is 5.32 Å². The molecule has 0 aliphatic heterocycles. The topological polar surface area (TPSA) is 12.0 Å². The van der Waals surface area contributed by atoms with Crippen molar-refractivity contribution in [2.45, 2.75) is 32.7 Å². The van der Waals surface area contributed by atoms with Crippen molar-refractivity contribution in [3.05, 3.63) is 21.9 Å². The molecule has 1 unspecified atom stereocenters. The van der Waals surface area contributed by atoms with Crippen molar-refractivity contribution in [3.8, 4) is 0 Å². The van der Waals surface area contributed by atoms with Crippen molar-refractivity contribution in [2.75, 3.05) is 7.05 Å². The first-order valence-corrected chi connectivity index (χ1v) is 5.38. The molecular formula is C10H17NS. The fourth-order valence-electron chi connectivity index (χ4n) is 1.50. The number of nitrogens with one attached hydrogen (secondary N) is 1. The van der Waals surface area contributed by atoms with Crippen LogP contribution in [0.25, 0.3) is 0 Å². The summed E-state index contributed by atoms with van der Waals surface area (Å²) in [4.78, 5) is 1.45. The maximum Gasteiger partial charge on any atom is 0.0328 e. The molecule has 0 saturated carbocycles. The number of hydrogen-bond acceptors (Lipinski definition) is 2. The number of hydrogen-bond donors (Lipinski definition) is 1. The third-order valence-corrected chi connectivity index (χ3v) is 3.06. The molecule has 1 aromatic rings. The highest BCUT2D eigenvalue weighted by molar-refractivity contribution is 7.10. The van der Waals surface area contributed by atoms with Crippen LogP contribution in [0.2, 0.25) is 0 Å². The lowest BCUT2D eigenvalue weighted by atomic mass is 10.0. The van der Waals surface area contributed by atoms with Gasteiger partial charge in [0.1, 0.15) is 0 Å². The van der Waals surface area contributed by atoms with Crippen molar-refractivity contribution >= 4 is 11.3 Å². The van der Waals surface area contributed by atoms with E-state index < -0.39 is 0 Å². The minimum atomic E-state index is 0.557. The Bertz CT molecular complexity index is 229. The Morgan fingerprint density at radius 3 is 2.75 bits per heavy atom. The Labute approximate surface area is 78.8 Å². The summed E-state index contributed by atoms with van der Waals surface area (Å²) in [6.07, 6.45) is 2.47. The molecule has 0 fully saturated rings. The molecule has 1 heterocycles. The van der Waals surface area contributed by atoms with Gasteiger partial charge in [-0.15, -0.1) is 11.3 Å². The summed E-state index contributed by atoms with van der Waals surface area (Å²) in [5.41, 5.74) is 1.48. The predicted octanol–water partition coefficient (Wildman–Crippen LogP) is 3.12. The standard InChI is InChI=1S/C10H17NS/c1-4-5-10(11-3)9-6-7-12-8(9)2/h6-7,10-11H,4-5H2,1-3H3. The number of aryl methyl sites for hydroxylation is 1. The molecular weight excluding hydrogens is 166 g/mol. The lowest BCUT2D eigenvalue weighted by Gasteiger charge is -2.14. The fraction of sp³-hybridized carbons (Fsp3) is 0.600. The summed E-state index contributed by atoms with van der Waals surface area (Å²) in [7, 11) is 2.04. The van der Waals surface area contributed by atoms with E-state index in [1.807, 2.05) is 18.4 Å². The Morgan fingerprint density at radius 2 is 2.33 bits per heavy atom. The number of rotatable bonds is 4. The van der Waals surface area contributed by atoms with Gasteiger partial charge in [0, 0.05) is 10.9 Å². The highest BCUT2D eigenvalue weighted by atomic mass is 32.1. The van der Waals surface area contributed by atoms with Gasteiger partial charge < -0.3 is 5.32 Å². The van der Waals surface area contributed by atoms with Crippen LogP contribution in [0.4, 0.5) is 0 Å². The Balaban J connectivity index is 2.72.